The van der Waals surface area contributed by atoms with Crippen molar-refractivity contribution in [2.45, 2.75) is 45.8 Å². The number of hydrogen-bond acceptors (Lipinski definition) is 4. The van der Waals surface area contributed by atoms with Gasteiger partial charge in [0.1, 0.15) is 0 Å². The van der Waals surface area contributed by atoms with E-state index in [2.05, 4.69) is 137 Å². The Balaban J connectivity index is 0.000000247. The standard InChI is InChI=1S/C18H15P.C7H22O4Si4.ClH/c1-4-10-16(11-5-1)19(17-12-6-2-7-13-17)18-14-8-3-9-15-18;1-12-8-13(2,3)10-15(6,7)11-14(4,5)9-12;/h1-15H;12H,1-7H3;1H. The minimum absolute atomic E-state index is 0. The first-order valence-electron chi connectivity index (χ1n) is 11.7. The number of rotatable bonds is 3. The van der Waals surface area contributed by atoms with Crippen LogP contribution in [0.5, 0.6) is 0 Å². The van der Waals surface area contributed by atoms with Gasteiger partial charge < -0.3 is 16.5 Å². The van der Waals surface area contributed by atoms with Crippen molar-refractivity contribution in [1.29, 1.82) is 0 Å². The SMILES string of the molecule is C[SiH]1O[Si](C)(C)O[Si](C)(C)O[Si](C)(C)O1.Cl.c1ccc(P(c2ccccc2)c2ccccc2)cc1. The van der Waals surface area contributed by atoms with E-state index in [1.165, 1.54) is 15.9 Å². The van der Waals surface area contributed by atoms with Gasteiger partial charge in [0.15, 0.2) is 0 Å². The largest absolute Gasteiger partial charge is 0.418 e. The molecule has 190 valence electrons. The van der Waals surface area contributed by atoms with Crippen molar-refractivity contribution in [1.82, 2.24) is 0 Å². The van der Waals surface area contributed by atoms with Crippen LogP contribution in [0.1, 0.15) is 0 Å². The molecule has 1 heterocycles. The quantitative estimate of drug-likeness (QED) is 0.286. The van der Waals surface area contributed by atoms with Gasteiger partial charge in [-0.2, -0.15) is 0 Å². The Morgan fingerprint density at radius 2 is 0.800 bits per heavy atom. The normalized spacial score (nSPS) is 18.9. The Kier molecular flexibility index (Phi) is 11.3. The van der Waals surface area contributed by atoms with Crippen molar-refractivity contribution >= 4 is 71.2 Å². The van der Waals surface area contributed by atoms with Crippen LogP contribution in [-0.4, -0.2) is 35.0 Å². The third-order valence-corrected chi connectivity index (χ3v) is 22.4. The van der Waals surface area contributed by atoms with Crippen LogP contribution in [0.3, 0.4) is 0 Å². The van der Waals surface area contributed by atoms with Gasteiger partial charge in [0.25, 0.3) is 0 Å². The van der Waals surface area contributed by atoms with Crippen molar-refractivity contribution in [2.24, 2.45) is 0 Å². The molecule has 4 nitrogen and oxygen atoms in total. The maximum Gasteiger partial charge on any atom is 0.314 e. The van der Waals surface area contributed by atoms with Gasteiger partial charge in [-0.05, 0) is 69.7 Å². The fraction of sp³-hybridized carbons (Fsp3) is 0.280. The zero-order valence-corrected chi connectivity index (χ0v) is 27.6. The summed E-state index contributed by atoms with van der Waals surface area (Å²) in [6.45, 7) is 14.5. The first-order chi connectivity index (χ1) is 16.0. The highest BCUT2D eigenvalue weighted by molar-refractivity contribution is 7.79. The molecule has 0 unspecified atom stereocenters. The fourth-order valence-corrected chi connectivity index (χ4v) is 24.8. The molecular weight excluding hydrogens is 543 g/mol. The van der Waals surface area contributed by atoms with Crippen LogP contribution in [0, 0.1) is 0 Å². The first kappa shape index (κ1) is 30.3. The lowest BCUT2D eigenvalue weighted by Gasteiger charge is -2.43. The molecule has 1 fully saturated rings. The third kappa shape index (κ3) is 9.81. The zero-order valence-electron chi connectivity index (χ0n) is 21.7. The second-order valence-corrected chi connectivity index (χ2v) is 24.8. The smallest absolute Gasteiger partial charge is 0.314 e. The highest BCUT2D eigenvalue weighted by atomic mass is 35.5. The van der Waals surface area contributed by atoms with Gasteiger partial charge in [-0.25, -0.2) is 0 Å². The molecule has 0 atom stereocenters. The Morgan fingerprint density at radius 3 is 1.09 bits per heavy atom. The number of benzene rings is 3. The predicted octanol–water partition coefficient (Wildman–Crippen LogP) is 5.89. The Hall–Kier alpha value is -0.912. The summed E-state index contributed by atoms with van der Waals surface area (Å²) < 4.78 is 24.1. The highest BCUT2D eigenvalue weighted by Crippen LogP contribution is 2.32. The lowest BCUT2D eigenvalue weighted by molar-refractivity contribution is 0.251. The van der Waals surface area contributed by atoms with E-state index >= 15 is 0 Å². The van der Waals surface area contributed by atoms with Crippen molar-refractivity contribution in [3.05, 3.63) is 91.0 Å². The first-order valence-corrected chi connectivity index (χ1v) is 23.6. The number of hydrogen-bond donors (Lipinski definition) is 0. The van der Waals surface area contributed by atoms with Gasteiger partial charge in [0, 0.05) is 0 Å². The molecule has 0 saturated carbocycles. The molecule has 0 amide bonds. The van der Waals surface area contributed by atoms with E-state index in [4.69, 9.17) is 16.5 Å². The maximum atomic E-state index is 6.09. The van der Waals surface area contributed by atoms with E-state index in [0.29, 0.717) is 0 Å². The lowest BCUT2D eigenvalue weighted by atomic mass is 10.4. The summed E-state index contributed by atoms with van der Waals surface area (Å²) >= 11 is 0. The summed E-state index contributed by atoms with van der Waals surface area (Å²) in [5, 5.41) is 4.19. The Bertz CT molecular complexity index is 912. The molecule has 0 bridgehead atoms. The van der Waals surface area contributed by atoms with Gasteiger partial charge in [0.2, 0.25) is 0 Å². The topological polar surface area (TPSA) is 36.9 Å². The average molecular weight is 581 g/mol. The van der Waals surface area contributed by atoms with Gasteiger partial charge >= 0.3 is 35.0 Å². The summed E-state index contributed by atoms with van der Waals surface area (Å²) in [5.41, 5.74) is 0. The minimum Gasteiger partial charge on any atom is -0.418 e. The van der Waals surface area contributed by atoms with Crippen molar-refractivity contribution in [3.63, 3.8) is 0 Å². The lowest BCUT2D eigenvalue weighted by Crippen LogP contribution is -2.60. The predicted molar refractivity (Wildman–Crippen MR) is 162 cm³/mol. The average Bonchev–Trinajstić information content (AvgIpc) is 2.73. The van der Waals surface area contributed by atoms with Gasteiger partial charge in [-0.1, -0.05) is 91.0 Å². The van der Waals surface area contributed by atoms with E-state index in [1.54, 1.807) is 0 Å². The molecule has 10 heteroatoms. The molecule has 1 saturated heterocycles. The summed E-state index contributed by atoms with van der Waals surface area (Å²) in [4.78, 5) is 0. The molecule has 3 aromatic rings. The fourth-order valence-electron chi connectivity index (χ4n) is 4.25. The molecule has 0 spiro atoms. The Labute approximate surface area is 223 Å². The number of halogens is 1. The molecule has 1 aliphatic heterocycles. The summed E-state index contributed by atoms with van der Waals surface area (Å²) in [7, 11) is -8.18. The van der Waals surface area contributed by atoms with E-state index in [-0.39, 0.29) is 12.4 Å². The molecule has 0 aliphatic carbocycles. The highest BCUT2D eigenvalue weighted by Gasteiger charge is 2.46. The van der Waals surface area contributed by atoms with E-state index < -0.39 is 42.9 Å². The van der Waals surface area contributed by atoms with Crippen LogP contribution in [0.15, 0.2) is 91.0 Å². The molecule has 4 rings (SSSR count). The molecule has 3 aromatic carbocycles. The molecule has 0 radical (unpaired) electrons. The van der Waals surface area contributed by atoms with Crippen LogP contribution in [0.25, 0.3) is 0 Å². The second-order valence-electron chi connectivity index (χ2n) is 9.55. The second kappa shape index (κ2) is 13.1. The van der Waals surface area contributed by atoms with Crippen LogP contribution in [0.4, 0.5) is 0 Å². The van der Waals surface area contributed by atoms with Crippen LogP contribution in [-0.2, 0) is 16.5 Å². The van der Waals surface area contributed by atoms with Gasteiger partial charge in [-0.3, -0.25) is 0 Å². The van der Waals surface area contributed by atoms with E-state index in [9.17, 15) is 0 Å². The molecular formula is C25H38ClO4PSi4. The van der Waals surface area contributed by atoms with Crippen LogP contribution >= 0.6 is 20.3 Å². The monoisotopic (exact) mass is 580 g/mol. The van der Waals surface area contributed by atoms with Gasteiger partial charge in [-0.15, -0.1) is 12.4 Å². The van der Waals surface area contributed by atoms with Crippen LogP contribution < -0.4 is 15.9 Å². The van der Waals surface area contributed by atoms with E-state index in [1.807, 2.05) is 0 Å². The third-order valence-electron chi connectivity index (χ3n) is 4.93. The maximum absolute atomic E-state index is 6.09. The minimum atomic E-state index is -2.08. The van der Waals surface area contributed by atoms with Crippen molar-refractivity contribution in [2.75, 3.05) is 0 Å². The summed E-state index contributed by atoms with van der Waals surface area (Å²) in [6, 6.07) is 32.3. The molecule has 35 heavy (non-hydrogen) atoms. The van der Waals surface area contributed by atoms with Gasteiger partial charge in [0.05, 0.1) is 0 Å². The van der Waals surface area contributed by atoms with Crippen molar-refractivity contribution < 1.29 is 16.5 Å². The van der Waals surface area contributed by atoms with Crippen LogP contribution in [0.2, 0.25) is 45.8 Å². The zero-order chi connectivity index (χ0) is 24.8. The molecule has 0 aromatic heterocycles. The summed E-state index contributed by atoms with van der Waals surface area (Å²) in [5.74, 6) is 0. The Morgan fingerprint density at radius 1 is 0.514 bits per heavy atom. The van der Waals surface area contributed by atoms with E-state index in [0.717, 1.165) is 0 Å². The summed E-state index contributed by atoms with van der Waals surface area (Å²) in [6.07, 6.45) is 0. The van der Waals surface area contributed by atoms with Crippen molar-refractivity contribution in [3.8, 4) is 0 Å². The molecule has 1 aliphatic rings. The molecule has 0 N–H and O–H groups in total.